The Balaban J connectivity index is 2.54. The molecule has 0 atom stereocenters. The fraction of sp³-hybridized carbons (Fsp3) is 1.00. The third kappa shape index (κ3) is 6.30. The molecule has 0 bridgehead atoms. The zero-order valence-corrected chi connectivity index (χ0v) is 13.1. The molecule has 0 spiro atoms. The second-order valence-electron chi connectivity index (χ2n) is 7.05. The van der Waals surface area contributed by atoms with Crippen LogP contribution in [0.15, 0.2) is 0 Å². The highest BCUT2D eigenvalue weighted by Gasteiger charge is 2.35. The summed E-state index contributed by atoms with van der Waals surface area (Å²) in [5, 5.41) is 11.1. The summed E-state index contributed by atoms with van der Waals surface area (Å²) in [6.07, 6.45) is 3.60. The van der Waals surface area contributed by atoms with Gasteiger partial charge in [-0.1, -0.05) is 59.3 Å². The zero-order chi connectivity index (χ0) is 13.7. The SMILES string of the molecule is CC(C)CB1NB(CC(C)C)NB(CC(C)C)N1. The van der Waals surface area contributed by atoms with E-state index in [1.54, 1.807) is 0 Å². The highest BCUT2D eigenvalue weighted by atomic mass is 15.1. The molecule has 0 saturated carbocycles. The summed E-state index contributed by atoms with van der Waals surface area (Å²) in [6.45, 7) is 15.1. The average Bonchev–Trinajstić information content (AvgIpc) is 2.12. The van der Waals surface area contributed by atoms with Crippen LogP contribution in [0.3, 0.4) is 0 Å². The van der Waals surface area contributed by atoms with E-state index in [1.165, 1.54) is 19.0 Å². The van der Waals surface area contributed by atoms with Crippen LogP contribution >= 0.6 is 0 Å². The molecule has 1 aliphatic rings. The Bertz CT molecular complexity index is 193. The fourth-order valence-corrected chi connectivity index (χ4v) is 2.70. The van der Waals surface area contributed by atoms with Gasteiger partial charge in [0.1, 0.15) is 0 Å². The Kier molecular flexibility index (Phi) is 6.82. The third-order valence-electron chi connectivity index (χ3n) is 3.33. The molecule has 3 nitrogen and oxygen atoms in total. The van der Waals surface area contributed by atoms with Crippen LogP contribution in [0.1, 0.15) is 41.5 Å². The standard InChI is InChI=1S/C12H30B3N3/c1-10(2)7-13-16-14(8-11(3)4)18-15(17-13)9-12(5)6/h10-12,16-18H,7-9H2,1-6H3. The summed E-state index contributed by atoms with van der Waals surface area (Å²) >= 11 is 0. The van der Waals surface area contributed by atoms with Crippen molar-refractivity contribution < 1.29 is 0 Å². The van der Waals surface area contributed by atoms with Crippen molar-refractivity contribution in [1.82, 2.24) is 15.4 Å². The Morgan fingerprint density at radius 1 is 0.556 bits per heavy atom. The normalized spacial score (nSPS) is 17.5. The van der Waals surface area contributed by atoms with Crippen molar-refractivity contribution in [3.05, 3.63) is 0 Å². The lowest BCUT2D eigenvalue weighted by Crippen LogP contribution is -2.75. The second kappa shape index (κ2) is 7.61. The molecular weight excluding hydrogens is 219 g/mol. The van der Waals surface area contributed by atoms with Gasteiger partial charge in [0.15, 0.2) is 0 Å². The summed E-state index contributed by atoms with van der Waals surface area (Å²) < 4.78 is 0. The molecule has 1 saturated heterocycles. The van der Waals surface area contributed by atoms with Gasteiger partial charge in [-0.15, -0.1) is 0 Å². The van der Waals surface area contributed by atoms with Gasteiger partial charge in [-0.3, -0.25) is 0 Å². The lowest BCUT2D eigenvalue weighted by molar-refractivity contribution is 0.695. The topological polar surface area (TPSA) is 36.1 Å². The maximum atomic E-state index is 3.70. The molecule has 18 heavy (non-hydrogen) atoms. The lowest BCUT2D eigenvalue weighted by atomic mass is 9.44. The van der Waals surface area contributed by atoms with Gasteiger partial charge in [-0.25, -0.2) is 0 Å². The van der Waals surface area contributed by atoms with Crippen molar-refractivity contribution in [2.75, 3.05) is 0 Å². The monoisotopic (exact) mass is 249 g/mol. The summed E-state index contributed by atoms with van der Waals surface area (Å²) in [4.78, 5) is 0. The highest BCUT2D eigenvalue weighted by molar-refractivity contribution is 6.87. The van der Waals surface area contributed by atoms with Gasteiger partial charge in [-0.2, -0.15) is 0 Å². The molecule has 0 unspecified atom stereocenters. The van der Waals surface area contributed by atoms with Crippen LogP contribution in [0, 0.1) is 17.8 Å². The van der Waals surface area contributed by atoms with E-state index in [0.29, 0.717) is 20.9 Å². The van der Waals surface area contributed by atoms with Crippen molar-refractivity contribution in [2.24, 2.45) is 17.8 Å². The van der Waals surface area contributed by atoms with Crippen LogP contribution in [-0.2, 0) is 0 Å². The Labute approximate surface area is 115 Å². The van der Waals surface area contributed by atoms with Gasteiger partial charge in [0.2, 0.25) is 0 Å². The number of hydrogen-bond acceptors (Lipinski definition) is 3. The molecule has 0 aromatic rings. The molecule has 0 aliphatic carbocycles. The minimum atomic E-state index is 0.457. The maximum absolute atomic E-state index is 3.70. The molecular formula is C12H30B3N3. The average molecular weight is 249 g/mol. The van der Waals surface area contributed by atoms with E-state index >= 15 is 0 Å². The van der Waals surface area contributed by atoms with Crippen molar-refractivity contribution in [3.63, 3.8) is 0 Å². The predicted octanol–water partition coefficient (Wildman–Crippen LogP) is 2.20. The maximum Gasteiger partial charge on any atom is 0.284 e. The van der Waals surface area contributed by atoms with Gasteiger partial charge >= 0.3 is 0 Å². The van der Waals surface area contributed by atoms with E-state index < -0.39 is 0 Å². The molecule has 0 aromatic heterocycles. The highest BCUT2D eigenvalue weighted by Crippen LogP contribution is 2.11. The fourth-order valence-electron chi connectivity index (χ4n) is 2.70. The third-order valence-corrected chi connectivity index (χ3v) is 3.33. The first-order valence-corrected chi connectivity index (χ1v) is 7.65. The number of rotatable bonds is 6. The Hall–Kier alpha value is 0.0748. The van der Waals surface area contributed by atoms with Gasteiger partial charge in [0.05, 0.1) is 0 Å². The van der Waals surface area contributed by atoms with Crippen molar-refractivity contribution >= 4 is 20.9 Å². The summed E-state index contributed by atoms with van der Waals surface area (Å²) in [6, 6.07) is 0. The summed E-state index contributed by atoms with van der Waals surface area (Å²) in [7, 11) is 0. The van der Waals surface area contributed by atoms with Crippen LogP contribution in [0.4, 0.5) is 0 Å². The van der Waals surface area contributed by atoms with Crippen LogP contribution in [0.2, 0.25) is 19.0 Å². The van der Waals surface area contributed by atoms with E-state index in [1.807, 2.05) is 0 Å². The van der Waals surface area contributed by atoms with Crippen LogP contribution < -0.4 is 15.4 Å². The summed E-state index contributed by atoms with van der Waals surface area (Å²) in [5.41, 5.74) is 0. The van der Waals surface area contributed by atoms with Crippen LogP contribution in [-0.4, -0.2) is 20.9 Å². The first-order valence-electron chi connectivity index (χ1n) is 7.65. The van der Waals surface area contributed by atoms with Gasteiger partial charge < -0.3 is 15.4 Å². The molecule has 0 radical (unpaired) electrons. The number of nitrogens with one attached hydrogen (secondary N) is 3. The first-order chi connectivity index (χ1) is 8.36. The largest absolute Gasteiger partial charge is 0.371 e. The molecule has 3 N–H and O–H groups in total. The van der Waals surface area contributed by atoms with Crippen molar-refractivity contribution in [2.45, 2.75) is 60.5 Å². The van der Waals surface area contributed by atoms with E-state index in [2.05, 4.69) is 57.0 Å². The van der Waals surface area contributed by atoms with E-state index in [9.17, 15) is 0 Å². The zero-order valence-electron chi connectivity index (χ0n) is 13.1. The lowest BCUT2D eigenvalue weighted by Gasteiger charge is -2.35. The van der Waals surface area contributed by atoms with Crippen LogP contribution in [0.25, 0.3) is 0 Å². The molecule has 1 aliphatic heterocycles. The molecule has 6 heteroatoms. The molecule has 1 fully saturated rings. The minimum Gasteiger partial charge on any atom is -0.371 e. The predicted molar refractivity (Wildman–Crippen MR) is 85.6 cm³/mol. The van der Waals surface area contributed by atoms with E-state index in [-0.39, 0.29) is 0 Å². The van der Waals surface area contributed by atoms with Crippen molar-refractivity contribution in [3.8, 4) is 0 Å². The minimum absolute atomic E-state index is 0.457. The van der Waals surface area contributed by atoms with Crippen molar-refractivity contribution in [1.29, 1.82) is 0 Å². The van der Waals surface area contributed by atoms with E-state index in [4.69, 9.17) is 0 Å². The molecule has 0 amide bonds. The molecule has 102 valence electrons. The van der Waals surface area contributed by atoms with Gasteiger partial charge in [-0.05, 0) is 19.0 Å². The quantitative estimate of drug-likeness (QED) is 0.631. The van der Waals surface area contributed by atoms with Gasteiger partial charge in [0, 0.05) is 0 Å². The Morgan fingerprint density at radius 3 is 0.944 bits per heavy atom. The summed E-state index contributed by atoms with van der Waals surface area (Å²) in [5.74, 6) is 2.19. The van der Waals surface area contributed by atoms with E-state index in [0.717, 1.165) is 17.8 Å². The molecule has 1 rings (SSSR count). The number of hydrogen-bond donors (Lipinski definition) is 3. The smallest absolute Gasteiger partial charge is 0.284 e. The molecule has 0 aromatic carbocycles. The molecule has 1 heterocycles. The first kappa shape index (κ1) is 16.1. The Morgan fingerprint density at radius 2 is 0.778 bits per heavy atom. The second-order valence-corrected chi connectivity index (χ2v) is 7.05. The van der Waals surface area contributed by atoms with Crippen LogP contribution in [0.5, 0.6) is 0 Å². The van der Waals surface area contributed by atoms with Gasteiger partial charge in [0.25, 0.3) is 20.9 Å².